The summed E-state index contributed by atoms with van der Waals surface area (Å²) in [4.78, 5) is 30.3. The van der Waals surface area contributed by atoms with Crippen LogP contribution in [0, 0.1) is 0 Å². The summed E-state index contributed by atoms with van der Waals surface area (Å²) in [6.07, 6.45) is 5.46. The van der Waals surface area contributed by atoms with Gasteiger partial charge < -0.3 is 15.0 Å². The second-order valence-corrected chi connectivity index (χ2v) is 7.86. The van der Waals surface area contributed by atoms with Gasteiger partial charge in [-0.2, -0.15) is 0 Å². The Morgan fingerprint density at radius 2 is 2.07 bits per heavy atom. The monoisotopic (exact) mass is 369 g/mol. The normalized spacial score (nSPS) is 21.6. The van der Waals surface area contributed by atoms with Crippen LogP contribution in [0.15, 0.2) is 47.7 Å². The van der Waals surface area contributed by atoms with E-state index >= 15 is 0 Å². The van der Waals surface area contributed by atoms with E-state index in [2.05, 4.69) is 53.4 Å². The summed E-state index contributed by atoms with van der Waals surface area (Å²) in [5.41, 5.74) is 1.18. The fourth-order valence-electron chi connectivity index (χ4n) is 4.05. The van der Waals surface area contributed by atoms with Crippen molar-refractivity contribution in [2.75, 3.05) is 13.2 Å². The lowest BCUT2D eigenvalue weighted by Crippen LogP contribution is -2.45. The average molecular weight is 369 g/mol. The minimum atomic E-state index is -0.271. The zero-order valence-electron chi connectivity index (χ0n) is 16.0. The Hall–Kier alpha value is -2.47. The van der Waals surface area contributed by atoms with Gasteiger partial charge in [0.25, 0.3) is 5.56 Å². The quantitative estimate of drug-likeness (QED) is 0.819. The standard InChI is InChI=1S/C21H27N3O3/c1-20(2)14-21(9-11-27-20,17-6-4-3-5-7-17)8-10-23-18(25)12-16-13-22-15-24-19(16)26/h3-7,13,15H,8-12,14H2,1-2H3,(H,23,25)(H,22,24,26)/t21-/m1/s1. The van der Waals surface area contributed by atoms with Crippen LogP contribution in [-0.4, -0.2) is 34.6 Å². The van der Waals surface area contributed by atoms with Gasteiger partial charge in [0, 0.05) is 30.3 Å². The van der Waals surface area contributed by atoms with Crippen LogP contribution in [0.25, 0.3) is 0 Å². The second kappa shape index (κ2) is 8.05. The minimum Gasteiger partial charge on any atom is -0.376 e. The molecular weight excluding hydrogens is 342 g/mol. The maximum Gasteiger partial charge on any atom is 0.254 e. The second-order valence-electron chi connectivity index (χ2n) is 7.86. The van der Waals surface area contributed by atoms with E-state index in [4.69, 9.17) is 4.74 Å². The van der Waals surface area contributed by atoms with E-state index in [1.54, 1.807) is 0 Å². The number of ether oxygens (including phenoxy) is 1. The number of hydrogen-bond acceptors (Lipinski definition) is 4. The lowest BCUT2D eigenvalue weighted by atomic mass is 9.67. The first-order chi connectivity index (χ1) is 12.9. The first kappa shape index (κ1) is 19.3. The highest BCUT2D eigenvalue weighted by Crippen LogP contribution is 2.43. The van der Waals surface area contributed by atoms with Crippen LogP contribution in [0.1, 0.15) is 44.2 Å². The van der Waals surface area contributed by atoms with Crippen LogP contribution in [0.3, 0.4) is 0 Å². The summed E-state index contributed by atoms with van der Waals surface area (Å²) in [7, 11) is 0. The molecule has 0 radical (unpaired) electrons. The molecular formula is C21H27N3O3. The lowest BCUT2D eigenvalue weighted by molar-refractivity contribution is -0.120. The topological polar surface area (TPSA) is 84.1 Å². The number of aromatic nitrogens is 2. The molecule has 1 amide bonds. The molecule has 0 unspecified atom stereocenters. The average Bonchev–Trinajstić information content (AvgIpc) is 2.63. The van der Waals surface area contributed by atoms with Gasteiger partial charge in [-0.05, 0) is 38.7 Å². The zero-order valence-corrected chi connectivity index (χ0v) is 16.0. The summed E-state index contributed by atoms with van der Waals surface area (Å²) in [6, 6.07) is 10.5. The van der Waals surface area contributed by atoms with Crippen molar-refractivity contribution in [3.63, 3.8) is 0 Å². The van der Waals surface area contributed by atoms with Crippen molar-refractivity contribution in [2.45, 2.75) is 50.5 Å². The Bertz CT molecular complexity index is 832. The van der Waals surface area contributed by atoms with E-state index in [1.165, 1.54) is 18.1 Å². The maximum atomic E-state index is 12.3. The molecule has 2 N–H and O–H groups in total. The van der Waals surface area contributed by atoms with Gasteiger partial charge >= 0.3 is 0 Å². The molecule has 27 heavy (non-hydrogen) atoms. The number of rotatable bonds is 6. The third-order valence-corrected chi connectivity index (χ3v) is 5.29. The molecule has 0 aliphatic carbocycles. The molecule has 1 aliphatic rings. The van der Waals surface area contributed by atoms with Crippen molar-refractivity contribution < 1.29 is 9.53 Å². The van der Waals surface area contributed by atoms with Crippen LogP contribution < -0.4 is 10.9 Å². The number of benzene rings is 1. The zero-order chi connectivity index (χ0) is 19.3. The van der Waals surface area contributed by atoms with Crippen molar-refractivity contribution in [1.82, 2.24) is 15.3 Å². The number of carbonyl (C=O) groups is 1. The molecule has 0 spiro atoms. The van der Waals surface area contributed by atoms with E-state index in [1.807, 2.05) is 6.07 Å². The molecule has 6 nitrogen and oxygen atoms in total. The molecule has 3 rings (SSSR count). The Morgan fingerprint density at radius 1 is 1.30 bits per heavy atom. The molecule has 0 bridgehead atoms. The molecule has 1 saturated heterocycles. The third kappa shape index (κ3) is 4.83. The highest BCUT2D eigenvalue weighted by atomic mass is 16.5. The smallest absolute Gasteiger partial charge is 0.254 e. The SMILES string of the molecule is CC1(C)C[C@](CCNC(=O)Cc2cnc[nH]c2=O)(c2ccccc2)CCO1. The molecule has 1 atom stereocenters. The largest absolute Gasteiger partial charge is 0.376 e. The molecule has 6 heteroatoms. The van der Waals surface area contributed by atoms with E-state index < -0.39 is 0 Å². The van der Waals surface area contributed by atoms with Gasteiger partial charge in [0.2, 0.25) is 5.91 Å². The summed E-state index contributed by atoms with van der Waals surface area (Å²) in [5.74, 6) is -0.164. The van der Waals surface area contributed by atoms with Crippen LogP contribution in [0.4, 0.5) is 0 Å². The molecule has 1 aromatic carbocycles. The molecule has 144 valence electrons. The van der Waals surface area contributed by atoms with Crippen molar-refractivity contribution in [2.24, 2.45) is 0 Å². The summed E-state index contributed by atoms with van der Waals surface area (Å²) < 4.78 is 5.93. The van der Waals surface area contributed by atoms with Gasteiger partial charge in [0.05, 0.1) is 18.3 Å². The van der Waals surface area contributed by atoms with Crippen molar-refractivity contribution >= 4 is 5.91 Å². The Balaban J connectivity index is 1.66. The number of amides is 1. The van der Waals surface area contributed by atoms with Crippen LogP contribution in [0.2, 0.25) is 0 Å². The van der Waals surface area contributed by atoms with Crippen LogP contribution >= 0.6 is 0 Å². The third-order valence-electron chi connectivity index (χ3n) is 5.29. The van der Waals surface area contributed by atoms with E-state index in [-0.39, 0.29) is 28.9 Å². The van der Waals surface area contributed by atoms with Crippen molar-refractivity contribution in [3.8, 4) is 0 Å². The van der Waals surface area contributed by atoms with E-state index in [0.29, 0.717) is 18.7 Å². The first-order valence-electron chi connectivity index (χ1n) is 9.38. The van der Waals surface area contributed by atoms with Gasteiger partial charge in [0.1, 0.15) is 0 Å². The van der Waals surface area contributed by atoms with Crippen LogP contribution in [0.5, 0.6) is 0 Å². The summed E-state index contributed by atoms with van der Waals surface area (Å²) >= 11 is 0. The predicted octanol–water partition coefficient (Wildman–Crippen LogP) is 2.35. The molecule has 1 fully saturated rings. The number of nitrogens with one attached hydrogen (secondary N) is 2. The molecule has 2 heterocycles. The summed E-state index contributed by atoms with van der Waals surface area (Å²) in [5, 5.41) is 2.97. The molecule has 2 aromatic rings. The summed E-state index contributed by atoms with van der Waals surface area (Å²) in [6.45, 7) is 5.51. The first-order valence-corrected chi connectivity index (χ1v) is 9.38. The minimum absolute atomic E-state index is 0.0257. The van der Waals surface area contributed by atoms with Crippen molar-refractivity contribution in [1.29, 1.82) is 0 Å². The number of nitrogens with zero attached hydrogens (tertiary/aromatic N) is 1. The maximum absolute atomic E-state index is 12.3. The highest BCUT2D eigenvalue weighted by Gasteiger charge is 2.41. The Kier molecular flexibility index (Phi) is 5.75. The lowest BCUT2D eigenvalue weighted by Gasteiger charge is -2.45. The van der Waals surface area contributed by atoms with Gasteiger partial charge in [-0.1, -0.05) is 30.3 Å². The van der Waals surface area contributed by atoms with E-state index in [9.17, 15) is 9.59 Å². The van der Waals surface area contributed by atoms with Gasteiger partial charge in [-0.3, -0.25) is 9.59 Å². The van der Waals surface area contributed by atoms with Crippen molar-refractivity contribution in [3.05, 3.63) is 64.3 Å². The van der Waals surface area contributed by atoms with Gasteiger partial charge in [0.15, 0.2) is 0 Å². The molecule has 1 aliphatic heterocycles. The molecule has 0 saturated carbocycles. The molecule has 1 aromatic heterocycles. The number of H-pyrrole nitrogens is 1. The van der Waals surface area contributed by atoms with Crippen LogP contribution in [-0.2, 0) is 21.4 Å². The predicted molar refractivity (Wildman–Crippen MR) is 104 cm³/mol. The number of hydrogen-bond donors (Lipinski definition) is 2. The number of carbonyl (C=O) groups excluding carboxylic acids is 1. The van der Waals surface area contributed by atoms with Gasteiger partial charge in [-0.25, -0.2) is 4.98 Å². The number of aromatic amines is 1. The Labute approximate surface area is 159 Å². The Morgan fingerprint density at radius 3 is 2.78 bits per heavy atom. The highest BCUT2D eigenvalue weighted by molar-refractivity contribution is 5.78. The van der Waals surface area contributed by atoms with Gasteiger partial charge in [-0.15, -0.1) is 0 Å². The fraction of sp³-hybridized carbons (Fsp3) is 0.476. The van der Waals surface area contributed by atoms with E-state index in [0.717, 1.165) is 19.3 Å². The fourth-order valence-corrected chi connectivity index (χ4v) is 4.05.